The van der Waals surface area contributed by atoms with Gasteiger partial charge in [0.2, 0.25) is 0 Å². The van der Waals surface area contributed by atoms with Crippen molar-refractivity contribution in [2.24, 2.45) is 5.16 Å². The number of nitrogens with zero attached hydrogens (tertiary/aromatic N) is 1. The molecule has 4 nitrogen and oxygen atoms in total. The van der Waals surface area contributed by atoms with E-state index < -0.39 is 9.84 Å². The van der Waals surface area contributed by atoms with Gasteiger partial charge in [0.15, 0.2) is 9.84 Å². The molecule has 0 aromatic heterocycles. The summed E-state index contributed by atoms with van der Waals surface area (Å²) in [6.07, 6.45) is 3.01. The maximum atomic E-state index is 12.4. The number of sulfone groups is 1. The van der Waals surface area contributed by atoms with Crippen LogP contribution in [0.3, 0.4) is 0 Å². The molecule has 0 atom stereocenters. The molecule has 5 heteroatoms. The van der Waals surface area contributed by atoms with Gasteiger partial charge in [-0.25, -0.2) is 8.42 Å². The summed E-state index contributed by atoms with van der Waals surface area (Å²) in [4.78, 5) is 5.54. The third-order valence-corrected chi connectivity index (χ3v) is 5.87. The van der Waals surface area contributed by atoms with Crippen LogP contribution in [0.2, 0.25) is 0 Å². The molecule has 0 aliphatic carbocycles. The summed E-state index contributed by atoms with van der Waals surface area (Å²) in [6, 6.07) is 25.6. The zero-order chi connectivity index (χ0) is 22.5. The molecule has 0 aliphatic rings. The van der Waals surface area contributed by atoms with Crippen molar-refractivity contribution in [3.8, 4) is 23.7 Å². The molecule has 160 valence electrons. The van der Waals surface area contributed by atoms with Gasteiger partial charge in [-0.15, -0.1) is 0 Å². The Bertz CT molecular complexity index is 1260. The molecule has 32 heavy (non-hydrogen) atoms. The van der Waals surface area contributed by atoms with E-state index in [1.807, 2.05) is 54.6 Å². The lowest BCUT2D eigenvalue weighted by atomic mass is 10.1. The monoisotopic (exact) mass is 441 g/mol. The van der Waals surface area contributed by atoms with E-state index in [0.717, 1.165) is 11.1 Å². The topological polar surface area (TPSA) is 55.7 Å². The second-order valence-corrected chi connectivity index (χ2v) is 8.80. The molecule has 0 saturated heterocycles. The summed E-state index contributed by atoms with van der Waals surface area (Å²) in [5.41, 5.74) is 2.55. The van der Waals surface area contributed by atoms with Crippen molar-refractivity contribution in [3.63, 3.8) is 0 Å². The Morgan fingerprint density at radius 2 is 1.38 bits per heavy atom. The predicted octanol–water partition coefficient (Wildman–Crippen LogP) is 4.85. The van der Waals surface area contributed by atoms with E-state index in [2.05, 4.69) is 28.8 Å². The second-order valence-electron chi connectivity index (χ2n) is 6.81. The van der Waals surface area contributed by atoms with Gasteiger partial charge in [-0.2, -0.15) is 0 Å². The number of hydrogen-bond acceptors (Lipinski definition) is 4. The van der Waals surface area contributed by atoms with Gasteiger partial charge in [0.05, 0.1) is 4.90 Å². The highest BCUT2D eigenvalue weighted by atomic mass is 32.2. The normalized spacial score (nSPS) is 10.6. The molecule has 3 rings (SSSR count). The first-order chi connectivity index (χ1) is 15.6. The zero-order valence-corrected chi connectivity index (χ0v) is 18.4. The maximum Gasteiger partial charge on any atom is 0.189 e. The third-order valence-electron chi connectivity index (χ3n) is 4.36. The van der Waals surface area contributed by atoms with E-state index in [1.54, 1.807) is 36.5 Å². The van der Waals surface area contributed by atoms with Crippen LogP contribution in [-0.2, 0) is 21.3 Å². The van der Waals surface area contributed by atoms with Crippen molar-refractivity contribution in [3.05, 3.63) is 102 Å². The van der Waals surface area contributed by atoms with Crippen molar-refractivity contribution in [2.75, 3.05) is 5.75 Å². The lowest BCUT2D eigenvalue weighted by molar-refractivity contribution is 0.131. The van der Waals surface area contributed by atoms with Crippen molar-refractivity contribution in [1.82, 2.24) is 0 Å². The van der Waals surface area contributed by atoms with E-state index >= 15 is 0 Å². The third kappa shape index (κ3) is 7.47. The van der Waals surface area contributed by atoms with Crippen LogP contribution in [0.15, 0.2) is 95.0 Å². The van der Waals surface area contributed by atoms with Gasteiger partial charge in [-0.1, -0.05) is 89.5 Å². The first-order valence-corrected chi connectivity index (χ1v) is 11.8. The molecule has 0 aliphatic heterocycles. The van der Waals surface area contributed by atoms with Crippen LogP contribution >= 0.6 is 0 Å². The first-order valence-electron chi connectivity index (χ1n) is 10.2. The molecule has 0 N–H and O–H groups in total. The molecule has 0 amide bonds. The van der Waals surface area contributed by atoms with Crippen LogP contribution in [-0.4, -0.2) is 20.4 Å². The molecular formula is C27H23NO3S. The molecule has 3 aromatic carbocycles. The lowest BCUT2D eigenvalue weighted by Crippen LogP contribution is -2.04. The van der Waals surface area contributed by atoms with E-state index in [0.29, 0.717) is 25.0 Å². The van der Waals surface area contributed by atoms with E-state index in [-0.39, 0.29) is 10.6 Å². The summed E-state index contributed by atoms with van der Waals surface area (Å²) in [5.74, 6) is 11.7. The molecule has 0 fully saturated rings. The highest BCUT2D eigenvalue weighted by Crippen LogP contribution is 2.10. The van der Waals surface area contributed by atoms with Crippen LogP contribution < -0.4 is 0 Å². The highest BCUT2D eigenvalue weighted by Gasteiger charge is 2.11. The van der Waals surface area contributed by atoms with E-state index in [4.69, 9.17) is 4.84 Å². The molecule has 0 spiro atoms. The van der Waals surface area contributed by atoms with Crippen LogP contribution in [0.1, 0.15) is 29.5 Å². The minimum Gasteiger partial charge on any atom is -0.391 e. The van der Waals surface area contributed by atoms with Crippen LogP contribution in [0, 0.1) is 23.7 Å². The summed E-state index contributed by atoms with van der Waals surface area (Å²) in [6.45, 7) is 0.440. The molecule has 0 bridgehead atoms. The molecular weight excluding hydrogens is 418 g/mol. The first kappa shape index (κ1) is 22.9. The smallest absolute Gasteiger partial charge is 0.189 e. The predicted molar refractivity (Wildman–Crippen MR) is 128 cm³/mol. The Morgan fingerprint density at radius 1 is 0.781 bits per heavy atom. The van der Waals surface area contributed by atoms with Crippen molar-refractivity contribution >= 4 is 16.1 Å². The average Bonchev–Trinajstić information content (AvgIpc) is 2.83. The van der Waals surface area contributed by atoms with Crippen molar-refractivity contribution < 1.29 is 13.3 Å². The summed E-state index contributed by atoms with van der Waals surface area (Å²) in [7, 11) is -3.43. The molecule has 0 unspecified atom stereocenters. The van der Waals surface area contributed by atoms with Crippen LogP contribution in [0.4, 0.5) is 0 Å². The summed E-state index contributed by atoms with van der Waals surface area (Å²) in [5, 5.41) is 3.95. The fourth-order valence-corrected chi connectivity index (χ4v) is 3.73. The molecule has 3 aromatic rings. The van der Waals surface area contributed by atoms with Gasteiger partial charge in [-0.05, 0) is 36.2 Å². The molecule has 0 radical (unpaired) electrons. The Balaban J connectivity index is 1.51. The minimum absolute atomic E-state index is 0.238. The number of benzene rings is 3. The average molecular weight is 442 g/mol. The van der Waals surface area contributed by atoms with Gasteiger partial charge < -0.3 is 4.84 Å². The minimum atomic E-state index is -3.43. The quantitative estimate of drug-likeness (QED) is 0.228. The van der Waals surface area contributed by atoms with Crippen LogP contribution in [0.5, 0.6) is 0 Å². The lowest BCUT2D eigenvalue weighted by Gasteiger charge is -1.99. The fourth-order valence-electron chi connectivity index (χ4n) is 2.72. The van der Waals surface area contributed by atoms with Gasteiger partial charge in [-0.3, -0.25) is 0 Å². The number of unbranched alkanes of at least 4 members (excludes halogenated alkanes) is 1. The summed E-state index contributed by atoms with van der Waals surface area (Å²) < 4.78 is 24.7. The van der Waals surface area contributed by atoms with Crippen LogP contribution in [0.25, 0.3) is 0 Å². The Kier molecular flexibility index (Phi) is 8.69. The van der Waals surface area contributed by atoms with Gasteiger partial charge in [0, 0.05) is 23.8 Å². The number of hydrogen-bond donors (Lipinski definition) is 0. The van der Waals surface area contributed by atoms with E-state index in [1.165, 1.54) is 0 Å². The standard InChI is InChI=1S/C27H23NO3S/c29-32(30,27-19-7-2-8-20-27)22-12-18-26-17-10-9-16-25(26)15-6-3-11-21-28-31-23-24-13-4-1-5-14-24/h1-2,4-5,7-10,13-14,16-17,19-21H,3,11,22-23H2/b28-21+. The SMILES string of the molecule is O=S(=O)(CC#Cc1ccccc1C#CCC/C=N/OCc1ccccc1)c1ccccc1. The Morgan fingerprint density at radius 3 is 2.06 bits per heavy atom. The number of oxime groups is 1. The van der Waals surface area contributed by atoms with Gasteiger partial charge in [0.25, 0.3) is 0 Å². The van der Waals surface area contributed by atoms with Gasteiger partial charge >= 0.3 is 0 Å². The molecule has 0 saturated carbocycles. The largest absolute Gasteiger partial charge is 0.391 e. The maximum absolute atomic E-state index is 12.4. The van der Waals surface area contributed by atoms with Crippen molar-refractivity contribution in [1.29, 1.82) is 0 Å². The second kappa shape index (κ2) is 12.2. The van der Waals surface area contributed by atoms with Crippen molar-refractivity contribution in [2.45, 2.75) is 24.3 Å². The number of rotatable bonds is 7. The molecule has 0 heterocycles. The highest BCUT2D eigenvalue weighted by molar-refractivity contribution is 7.91. The van der Waals surface area contributed by atoms with E-state index in [9.17, 15) is 8.42 Å². The Labute approximate surface area is 189 Å². The van der Waals surface area contributed by atoms with Gasteiger partial charge in [0.1, 0.15) is 12.4 Å². The fraction of sp³-hybridized carbons (Fsp3) is 0.148. The Hall–Kier alpha value is -3.80. The summed E-state index contributed by atoms with van der Waals surface area (Å²) >= 11 is 0. The zero-order valence-electron chi connectivity index (χ0n) is 17.6.